The predicted molar refractivity (Wildman–Crippen MR) is 307 cm³/mol. The summed E-state index contributed by atoms with van der Waals surface area (Å²) >= 11 is 0. The molecule has 0 amide bonds. The molecule has 71 heavy (non-hydrogen) atoms. The van der Waals surface area contributed by atoms with Crippen LogP contribution >= 0.6 is 0 Å². The standard InChI is InChI=1S/C65H122O6/c1-4-7-10-13-16-18-20-22-24-26-28-30-32-34-35-37-39-41-43-45-47-49-52-55-58-64(67)70-61-62(60-69-63(66)57-54-51-15-12-9-6-3)71-65(68)59-56-53-50-48-46-44-42-40-38-36-33-31-29-27-25-23-21-19-17-14-11-8-5-2/h21,23,27,29,62H,4-20,22,24-26,28,30-61H2,1-3H3/b23-21-,29-27-. The SMILES string of the molecule is CCCCCCC/C=C\C/C=C\CCCCCCCCCCCCCC(=O)OC(COC(=O)CCCCCCCC)COC(=O)CCCCCCCCCCCCCCCCCCCCCCCCCC. The van der Waals surface area contributed by atoms with E-state index in [4.69, 9.17) is 14.2 Å². The Labute approximate surface area is 443 Å². The molecule has 0 aliphatic heterocycles. The topological polar surface area (TPSA) is 78.9 Å². The van der Waals surface area contributed by atoms with Crippen LogP contribution in [0.5, 0.6) is 0 Å². The third-order valence-corrected chi connectivity index (χ3v) is 14.5. The van der Waals surface area contributed by atoms with E-state index in [1.54, 1.807) is 0 Å². The van der Waals surface area contributed by atoms with Crippen LogP contribution in [0.1, 0.15) is 355 Å². The van der Waals surface area contributed by atoms with Crippen molar-refractivity contribution in [3.8, 4) is 0 Å². The van der Waals surface area contributed by atoms with Crippen LogP contribution in [0.15, 0.2) is 24.3 Å². The quantitative estimate of drug-likeness (QED) is 0.0261. The van der Waals surface area contributed by atoms with Crippen LogP contribution in [0.4, 0.5) is 0 Å². The number of allylic oxidation sites excluding steroid dienone is 4. The van der Waals surface area contributed by atoms with Gasteiger partial charge in [0.15, 0.2) is 6.10 Å². The van der Waals surface area contributed by atoms with Crippen LogP contribution in [0.25, 0.3) is 0 Å². The Hall–Kier alpha value is -2.11. The fourth-order valence-corrected chi connectivity index (χ4v) is 9.65. The molecule has 0 aromatic rings. The molecule has 418 valence electrons. The van der Waals surface area contributed by atoms with Crippen molar-refractivity contribution in [2.45, 2.75) is 361 Å². The Morgan fingerprint density at radius 2 is 0.507 bits per heavy atom. The zero-order valence-corrected chi connectivity index (χ0v) is 48.0. The molecule has 0 saturated carbocycles. The Morgan fingerprint density at radius 1 is 0.282 bits per heavy atom. The van der Waals surface area contributed by atoms with Crippen molar-refractivity contribution in [3.63, 3.8) is 0 Å². The minimum atomic E-state index is -0.766. The van der Waals surface area contributed by atoms with Crippen molar-refractivity contribution in [1.29, 1.82) is 0 Å². The fourth-order valence-electron chi connectivity index (χ4n) is 9.65. The number of carbonyl (C=O) groups is 3. The Kier molecular flexibility index (Phi) is 58.6. The lowest BCUT2D eigenvalue weighted by Crippen LogP contribution is -2.30. The summed E-state index contributed by atoms with van der Waals surface area (Å²) in [5, 5.41) is 0. The van der Waals surface area contributed by atoms with Crippen LogP contribution in [-0.4, -0.2) is 37.2 Å². The summed E-state index contributed by atoms with van der Waals surface area (Å²) in [5.74, 6) is -0.856. The van der Waals surface area contributed by atoms with E-state index in [1.165, 1.54) is 250 Å². The molecule has 6 heteroatoms. The highest BCUT2D eigenvalue weighted by Gasteiger charge is 2.19. The van der Waals surface area contributed by atoms with Crippen molar-refractivity contribution < 1.29 is 28.6 Å². The summed E-state index contributed by atoms with van der Waals surface area (Å²) < 4.78 is 16.8. The van der Waals surface area contributed by atoms with Crippen LogP contribution in [-0.2, 0) is 28.6 Å². The highest BCUT2D eigenvalue weighted by Crippen LogP contribution is 2.18. The molecule has 0 rings (SSSR count). The minimum absolute atomic E-state index is 0.0669. The first-order chi connectivity index (χ1) is 35.0. The molecule has 0 saturated heterocycles. The molecule has 0 N–H and O–H groups in total. The average Bonchev–Trinajstić information content (AvgIpc) is 3.37. The van der Waals surface area contributed by atoms with Gasteiger partial charge in [-0.05, 0) is 51.4 Å². The number of ether oxygens (including phenoxy) is 3. The number of esters is 3. The molecule has 1 unspecified atom stereocenters. The third-order valence-electron chi connectivity index (χ3n) is 14.5. The molecular formula is C65H122O6. The zero-order valence-electron chi connectivity index (χ0n) is 48.0. The molecule has 0 bridgehead atoms. The van der Waals surface area contributed by atoms with Gasteiger partial charge in [-0.1, -0.05) is 308 Å². The van der Waals surface area contributed by atoms with Crippen molar-refractivity contribution >= 4 is 17.9 Å². The number of hydrogen-bond acceptors (Lipinski definition) is 6. The van der Waals surface area contributed by atoms with Gasteiger partial charge in [-0.2, -0.15) is 0 Å². The maximum Gasteiger partial charge on any atom is 0.306 e. The van der Waals surface area contributed by atoms with E-state index < -0.39 is 6.10 Å². The highest BCUT2D eigenvalue weighted by atomic mass is 16.6. The van der Waals surface area contributed by atoms with E-state index in [-0.39, 0.29) is 31.1 Å². The lowest BCUT2D eigenvalue weighted by atomic mass is 10.0. The Balaban J connectivity index is 4.04. The van der Waals surface area contributed by atoms with Gasteiger partial charge in [-0.3, -0.25) is 14.4 Å². The summed E-state index contributed by atoms with van der Waals surface area (Å²) in [7, 11) is 0. The molecule has 0 aromatic carbocycles. The van der Waals surface area contributed by atoms with Gasteiger partial charge in [-0.25, -0.2) is 0 Å². The fraction of sp³-hybridized carbons (Fsp3) is 0.892. The molecule has 1 atom stereocenters. The predicted octanol–water partition coefficient (Wildman–Crippen LogP) is 21.4. The molecule has 0 radical (unpaired) electrons. The van der Waals surface area contributed by atoms with Gasteiger partial charge in [0.05, 0.1) is 0 Å². The molecular weight excluding hydrogens is 877 g/mol. The molecule has 0 aromatic heterocycles. The van der Waals surface area contributed by atoms with E-state index >= 15 is 0 Å². The van der Waals surface area contributed by atoms with Gasteiger partial charge in [0.2, 0.25) is 0 Å². The monoisotopic (exact) mass is 999 g/mol. The van der Waals surface area contributed by atoms with Gasteiger partial charge in [0, 0.05) is 19.3 Å². The van der Waals surface area contributed by atoms with Crippen molar-refractivity contribution in [3.05, 3.63) is 24.3 Å². The molecule has 0 heterocycles. The van der Waals surface area contributed by atoms with Gasteiger partial charge < -0.3 is 14.2 Å². The Morgan fingerprint density at radius 3 is 0.775 bits per heavy atom. The van der Waals surface area contributed by atoms with E-state index in [1.807, 2.05) is 0 Å². The number of unbranched alkanes of at least 4 members (excludes halogenated alkanes) is 44. The molecule has 0 aliphatic rings. The summed E-state index contributed by atoms with van der Waals surface area (Å²) in [4.78, 5) is 38.0. The largest absolute Gasteiger partial charge is 0.462 e. The smallest absolute Gasteiger partial charge is 0.306 e. The lowest BCUT2D eigenvalue weighted by Gasteiger charge is -2.18. The Bertz CT molecular complexity index is 1150. The van der Waals surface area contributed by atoms with E-state index in [9.17, 15) is 14.4 Å². The van der Waals surface area contributed by atoms with Crippen molar-refractivity contribution in [2.24, 2.45) is 0 Å². The second-order valence-electron chi connectivity index (χ2n) is 21.7. The van der Waals surface area contributed by atoms with Gasteiger partial charge in [0.1, 0.15) is 13.2 Å². The van der Waals surface area contributed by atoms with Gasteiger partial charge in [0.25, 0.3) is 0 Å². The summed E-state index contributed by atoms with van der Waals surface area (Å²) in [6.07, 6.45) is 72.3. The van der Waals surface area contributed by atoms with Gasteiger partial charge in [-0.15, -0.1) is 0 Å². The maximum absolute atomic E-state index is 12.8. The van der Waals surface area contributed by atoms with Crippen LogP contribution in [0.2, 0.25) is 0 Å². The third kappa shape index (κ3) is 58.7. The molecule has 6 nitrogen and oxygen atoms in total. The first-order valence-electron chi connectivity index (χ1n) is 31.8. The van der Waals surface area contributed by atoms with Crippen LogP contribution < -0.4 is 0 Å². The maximum atomic E-state index is 12.8. The second kappa shape index (κ2) is 60.4. The summed E-state index contributed by atoms with van der Waals surface area (Å²) in [6, 6.07) is 0. The first-order valence-corrected chi connectivity index (χ1v) is 31.8. The minimum Gasteiger partial charge on any atom is -0.462 e. The summed E-state index contributed by atoms with van der Waals surface area (Å²) in [6.45, 7) is 6.63. The van der Waals surface area contributed by atoms with Crippen molar-refractivity contribution in [2.75, 3.05) is 13.2 Å². The molecule has 0 spiro atoms. The highest BCUT2D eigenvalue weighted by molar-refractivity contribution is 5.71. The van der Waals surface area contributed by atoms with E-state index in [2.05, 4.69) is 45.1 Å². The number of hydrogen-bond donors (Lipinski definition) is 0. The second-order valence-corrected chi connectivity index (χ2v) is 21.7. The average molecular weight is 1000 g/mol. The van der Waals surface area contributed by atoms with Gasteiger partial charge >= 0.3 is 17.9 Å². The van der Waals surface area contributed by atoms with Crippen molar-refractivity contribution in [1.82, 2.24) is 0 Å². The number of carbonyl (C=O) groups excluding carboxylic acids is 3. The molecule has 0 fully saturated rings. The van der Waals surface area contributed by atoms with E-state index in [0.717, 1.165) is 64.2 Å². The first kappa shape index (κ1) is 68.9. The number of rotatable bonds is 59. The zero-order chi connectivity index (χ0) is 51.4. The normalized spacial score (nSPS) is 12.1. The van der Waals surface area contributed by atoms with Crippen LogP contribution in [0.3, 0.4) is 0 Å². The van der Waals surface area contributed by atoms with E-state index in [0.29, 0.717) is 19.3 Å². The lowest BCUT2D eigenvalue weighted by molar-refractivity contribution is -0.167. The molecule has 0 aliphatic carbocycles. The van der Waals surface area contributed by atoms with Crippen LogP contribution in [0, 0.1) is 0 Å². The summed E-state index contributed by atoms with van der Waals surface area (Å²) in [5.41, 5.74) is 0.